The first-order chi connectivity index (χ1) is 13.6. The van der Waals surface area contributed by atoms with E-state index in [1.54, 1.807) is 18.0 Å². The Morgan fingerprint density at radius 3 is 2.64 bits per heavy atom. The fraction of sp³-hybridized carbons (Fsp3) is 0.318. The molecule has 0 aliphatic carbocycles. The summed E-state index contributed by atoms with van der Waals surface area (Å²) in [6.07, 6.45) is 1.60. The predicted molar refractivity (Wildman–Crippen MR) is 109 cm³/mol. The molecule has 0 aliphatic heterocycles. The van der Waals surface area contributed by atoms with E-state index in [4.69, 9.17) is 4.74 Å². The van der Waals surface area contributed by atoms with Crippen LogP contribution in [0.5, 0.6) is 5.75 Å². The van der Waals surface area contributed by atoms with Gasteiger partial charge in [-0.25, -0.2) is 4.98 Å². The summed E-state index contributed by atoms with van der Waals surface area (Å²) in [6, 6.07) is 15.0. The molecule has 146 valence electrons. The van der Waals surface area contributed by atoms with Crippen molar-refractivity contribution >= 4 is 16.8 Å². The third-order valence-corrected chi connectivity index (χ3v) is 4.55. The van der Waals surface area contributed by atoms with Gasteiger partial charge >= 0.3 is 0 Å². The van der Waals surface area contributed by atoms with Crippen LogP contribution in [0.2, 0.25) is 0 Å². The SMILES string of the molecule is CCOc1ccc(CN(C)C(=O)CCCc2nc3ccccc3c(=O)[nH]2)cc1. The van der Waals surface area contributed by atoms with Crippen LogP contribution >= 0.6 is 0 Å². The zero-order valence-electron chi connectivity index (χ0n) is 16.3. The minimum atomic E-state index is -0.139. The molecule has 1 aromatic heterocycles. The third kappa shape index (κ3) is 4.97. The average Bonchev–Trinajstić information content (AvgIpc) is 2.69. The normalized spacial score (nSPS) is 10.8. The Bertz CT molecular complexity index is 996. The first-order valence-electron chi connectivity index (χ1n) is 9.50. The summed E-state index contributed by atoms with van der Waals surface area (Å²) in [7, 11) is 1.80. The van der Waals surface area contributed by atoms with E-state index in [-0.39, 0.29) is 11.5 Å². The summed E-state index contributed by atoms with van der Waals surface area (Å²) in [4.78, 5) is 33.5. The van der Waals surface area contributed by atoms with Crippen molar-refractivity contribution in [3.63, 3.8) is 0 Å². The van der Waals surface area contributed by atoms with Crippen molar-refractivity contribution in [1.82, 2.24) is 14.9 Å². The number of amides is 1. The highest BCUT2D eigenvalue weighted by atomic mass is 16.5. The van der Waals surface area contributed by atoms with Crippen LogP contribution in [-0.2, 0) is 17.8 Å². The average molecular weight is 379 g/mol. The summed E-state index contributed by atoms with van der Waals surface area (Å²) in [5.74, 6) is 1.51. The Kier molecular flexibility index (Phi) is 6.42. The van der Waals surface area contributed by atoms with Crippen LogP contribution < -0.4 is 10.3 Å². The molecular weight excluding hydrogens is 354 g/mol. The van der Waals surface area contributed by atoms with Gasteiger partial charge in [-0.3, -0.25) is 9.59 Å². The first kappa shape index (κ1) is 19.6. The van der Waals surface area contributed by atoms with Crippen LogP contribution in [0.15, 0.2) is 53.3 Å². The van der Waals surface area contributed by atoms with Gasteiger partial charge in [0.15, 0.2) is 0 Å². The second-order valence-corrected chi connectivity index (χ2v) is 6.71. The summed E-state index contributed by atoms with van der Waals surface area (Å²) in [5, 5.41) is 0.581. The molecule has 0 fully saturated rings. The number of nitrogens with zero attached hydrogens (tertiary/aromatic N) is 2. The molecule has 0 spiro atoms. The highest BCUT2D eigenvalue weighted by Gasteiger charge is 2.10. The van der Waals surface area contributed by atoms with E-state index in [1.165, 1.54) is 0 Å². The summed E-state index contributed by atoms with van der Waals surface area (Å²) in [6.45, 7) is 3.13. The van der Waals surface area contributed by atoms with Gasteiger partial charge in [0.2, 0.25) is 5.91 Å². The predicted octanol–water partition coefficient (Wildman–Crippen LogP) is 3.30. The van der Waals surface area contributed by atoms with Crippen molar-refractivity contribution in [3.8, 4) is 5.75 Å². The lowest BCUT2D eigenvalue weighted by atomic mass is 10.1. The Morgan fingerprint density at radius 1 is 1.14 bits per heavy atom. The molecule has 6 heteroatoms. The summed E-state index contributed by atoms with van der Waals surface area (Å²) in [5.41, 5.74) is 1.60. The van der Waals surface area contributed by atoms with E-state index >= 15 is 0 Å². The van der Waals surface area contributed by atoms with Crippen LogP contribution in [0.1, 0.15) is 31.2 Å². The van der Waals surface area contributed by atoms with Gasteiger partial charge in [-0.1, -0.05) is 24.3 Å². The second-order valence-electron chi connectivity index (χ2n) is 6.71. The molecule has 2 aromatic carbocycles. The van der Waals surface area contributed by atoms with Crippen LogP contribution in [-0.4, -0.2) is 34.4 Å². The first-order valence-corrected chi connectivity index (χ1v) is 9.50. The molecule has 0 aliphatic rings. The maximum Gasteiger partial charge on any atom is 0.258 e. The number of hydrogen-bond donors (Lipinski definition) is 1. The maximum atomic E-state index is 12.4. The highest BCUT2D eigenvalue weighted by molar-refractivity contribution is 5.77. The fourth-order valence-corrected chi connectivity index (χ4v) is 3.07. The molecule has 28 heavy (non-hydrogen) atoms. The molecule has 0 saturated carbocycles. The fourth-order valence-electron chi connectivity index (χ4n) is 3.07. The molecule has 1 heterocycles. The minimum Gasteiger partial charge on any atom is -0.494 e. The second kappa shape index (κ2) is 9.17. The quantitative estimate of drug-likeness (QED) is 0.652. The molecule has 0 bridgehead atoms. The lowest BCUT2D eigenvalue weighted by molar-refractivity contribution is -0.130. The number of benzene rings is 2. The maximum absolute atomic E-state index is 12.4. The molecule has 0 atom stereocenters. The van der Waals surface area contributed by atoms with E-state index in [0.717, 1.165) is 11.3 Å². The molecule has 0 unspecified atom stereocenters. The van der Waals surface area contributed by atoms with E-state index in [2.05, 4.69) is 9.97 Å². The van der Waals surface area contributed by atoms with Crippen LogP contribution in [0.3, 0.4) is 0 Å². The van der Waals surface area contributed by atoms with Crippen molar-refractivity contribution in [2.75, 3.05) is 13.7 Å². The number of aryl methyl sites for hydroxylation is 1. The molecular formula is C22H25N3O3. The Morgan fingerprint density at radius 2 is 1.89 bits per heavy atom. The molecule has 3 rings (SSSR count). The Labute approximate surface area is 164 Å². The Balaban J connectivity index is 1.51. The molecule has 3 aromatic rings. The zero-order chi connectivity index (χ0) is 19.9. The van der Waals surface area contributed by atoms with Crippen molar-refractivity contribution in [2.45, 2.75) is 32.7 Å². The number of nitrogens with one attached hydrogen (secondary N) is 1. The highest BCUT2D eigenvalue weighted by Crippen LogP contribution is 2.14. The number of para-hydroxylation sites is 1. The van der Waals surface area contributed by atoms with Crippen LogP contribution in [0, 0.1) is 0 Å². The molecule has 0 saturated heterocycles. The third-order valence-electron chi connectivity index (χ3n) is 4.55. The molecule has 1 amide bonds. The van der Waals surface area contributed by atoms with Crippen molar-refractivity contribution in [1.29, 1.82) is 0 Å². The largest absolute Gasteiger partial charge is 0.494 e. The van der Waals surface area contributed by atoms with Gasteiger partial charge in [0.05, 0.1) is 17.5 Å². The van der Waals surface area contributed by atoms with Gasteiger partial charge in [-0.15, -0.1) is 0 Å². The van der Waals surface area contributed by atoms with E-state index in [1.807, 2.05) is 49.4 Å². The number of rotatable bonds is 8. The number of fused-ring (bicyclic) bond motifs is 1. The van der Waals surface area contributed by atoms with Crippen LogP contribution in [0.25, 0.3) is 10.9 Å². The number of aromatic nitrogens is 2. The Hall–Kier alpha value is -3.15. The van der Waals surface area contributed by atoms with Gasteiger partial charge in [0.1, 0.15) is 11.6 Å². The van der Waals surface area contributed by atoms with Crippen molar-refractivity contribution < 1.29 is 9.53 Å². The molecule has 6 nitrogen and oxygen atoms in total. The van der Waals surface area contributed by atoms with Crippen molar-refractivity contribution in [3.05, 3.63) is 70.3 Å². The number of ether oxygens (including phenoxy) is 1. The molecule has 1 N–H and O–H groups in total. The van der Waals surface area contributed by atoms with Gasteiger partial charge < -0.3 is 14.6 Å². The van der Waals surface area contributed by atoms with E-state index in [9.17, 15) is 9.59 Å². The topological polar surface area (TPSA) is 75.3 Å². The lowest BCUT2D eigenvalue weighted by Crippen LogP contribution is -2.26. The number of carbonyl (C=O) groups is 1. The van der Waals surface area contributed by atoms with Crippen LogP contribution in [0.4, 0.5) is 0 Å². The van der Waals surface area contributed by atoms with Crippen molar-refractivity contribution in [2.24, 2.45) is 0 Å². The molecule has 0 radical (unpaired) electrons. The summed E-state index contributed by atoms with van der Waals surface area (Å²) < 4.78 is 5.43. The van der Waals surface area contributed by atoms with E-state index < -0.39 is 0 Å². The van der Waals surface area contributed by atoms with Gasteiger partial charge in [-0.2, -0.15) is 0 Å². The minimum absolute atomic E-state index is 0.0667. The van der Waals surface area contributed by atoms with Gasteiger partial charge in [-0.05, 0) is 43.2 Å². The standard InChI is InChI=1S/C22H25N3O3/c1-3-28-17-13-11-16(12-14-17)15-25(2)21(26)10-6-9-20-23-19-8-5-4-7-18(19)22(27)24-20/h4-5,7-8,11-14H,3,6,9-10,15H2,1-2H3,(H,23,24,27). The van der Waals surface area contributed by atoms with Gasteiger partial charge in [0, 0.05) is 26.4 Å². The number of aromatic amines is 1. The van der Waals surface area contributed by atoms with E-state index in [0.29, 0.717) is 49.1 Å². The lowest BCUT2D eigenvalue weighted by Gasteiger charge is -2.17. The van der Waals surface area contributed by atoms with Gasteiger partial charge in [0.25, 0.3) is 5.56 Å². The number of hydrogen-bond acceptors (Lipinski definition) is 4. The smallest absolute Gasteiger partial charge is 0.258 e. The zero-order valence-corrected chi connectivity index (χ0v) is 16.3. The monoisotopic (exact) mass is 379 g/mol. The number of carbonyl (C=O) groups excluding carboxylic acids is 1. The summed E-state index contributed by atoms with van der Waals surface area (Å²) >= 11 is 0. The number of H-pyrrole nitrogens is 1.